The van der Waals surface area contributed by atoms with Crippen LogP contribution in [-0.4, -0.2) is 32.5 Å². The van der Waals surface area contributed by atoms with Crippen LogP contribution in [0.25, 0.3) is 0 Å². The molecule has 1 saturated heterocycles. The van der Waals surface area contributed by atoms with Crippen molar-refractivity contribution >= 4 is 0 Å². The van der Waals surface area contributed by atoms with Gasteiger partial charge in [-0.2, -0.15) is 0 Å². The molecule has 2 heterocycles. The quantitative estimate of drug-likeness (QED) is 0.901. The maximum atomic E-state index is 5.72. The third-order valence-electron chi connectivity index (χ3n) is 3.93. The minimum Gasteiger partial charge on any atom is -0.486 e. The molecule has 2 unspecified atom stereocenters. The van der Waals surface area contributed by atoms with Crippen molar-refractivity contribution < 1.29 is 14.2 Å². The highest BCUT2D eigenvalue weighted by Crippen LogP contribution is 2.33. The van der Waals surface area contributed by atoms with Crippen molar-refractivity contribution in [3.05, 3.63) is 23.8 Å². The molecule has 1 aromatic carbocycles. The van der Waals surface area contributed by atoms with Crippen molar-refractivity contribution in [2.24, 2.45) is 5.92 Å². The lowest BCUT2D eigenvalue weighted by atomic mass is 10.0. The Morgan fingerprint density at radius 2 is 2.16 bits per heavy atom. The molecule has 0 amide bonds. The molecular formula is C15H21NO3. The van der Waals surface area contributed by atoms with Gasteiger partial charge in [-0.15, -0.1) is 0 Å². The zero-order chi connectivity index (χ0) is 13.1. The van der Waals surface area contributed by atoms with Crippen molar-refractivity contribution in [1.29, 1.82) is 0 Å². The molecule has 2 aliphatic heterocycles. The summed E-state index contributed by atoms with van der Waals surface area (Å²) in [5.74, 6) is 2.38. The maximum Gasteiger partial charge on any atom is 0.165 e. The Morgan fingerprint density at radius 1 is 1.26 bits per heavy atom. The van der Waals surface area contributed by atoms with Crippen LogP contribution in [0.2, 0.25) is 0 Å². The minimum atomic E-state index is 0.461. The second-order valence-corrected chi connectivity index (χ2v) is 5.23. The molecule has 0 aliphatic carbocycles. The van der Waals surface area contributed by atoms with Crippen LogP contribution < -0.4 is 14.8 Å². The first kappa shape index (κ1) is 12.8. The monoisotopic (exact) mass is 263 g/mol. The SMILES string of the molecule is CC(NCc1cccc2c1OCCO2)C1CCOC1. The van der Waals surface area contributed by atoms with Crippen LogP contribution in [0.5, 0.6) is 11.5 Å². The fourth-order valence-electron chi connectivity index (χ4n) is 2.66. The third kappa shape index (κ3) is 2.85. The van der Waals surface area contributed by atoms with Crippen LogP contribution in [0.3, 0.4) is 0 Å². The van der Waals surface area contributed by atoms with Gasteiger partial charge in [0.25, 0.3) is 0 Å². The second-order valence-electron chi connectivity index (χ2n) is 5.23. The van der Waals surface area contributed by atoms with Gasteiger partial charge in [-0.05, 0) is 25.3 Å². The van der Waals surface area contributed by atoms with E-state index in [1.165, 1.54) is 5.56 Å². The van der Waals surface area contributed by atoms with Gasteiger partial charge in [-0.25, -0.2) is 0 Å². The first-order valence-corrected chi connectivity index (χ1v) is 7.03. The molecule has 2 atom stereocenters. The summed E-state index contributed by atoms with van der Waals surface area (Å²) in [5.41, 5.74) is 1.17. The van der Waals surface area contributed by atoms with E-state index in [1.54, 1.807) is 0 Å². The predicted octanol–water partition coefficient (Wildman–Crippen LogP) is 1.97. The first-order valence-electron chi connectivity index (χ1n) is 7.03. The summed E-state index contributed by atoms with van der Waals surface area (Å²) >= 11 is 0. The summed E-state index contributed by atoms with van der Waals surface area (Å²) in [7, 11) is 0. The van der Waals surface area contributed by atoms with E-state index >= 15 is 0 Å². The lowest BCUT2D eigenvalue weighted by Gasteiger charge is -2.23. The topological polar surface area (TPSA) is 39.7 Å². The van der Waals surface area contributed by atoms with Gasteiger partial charge < -0.3 is 19.5 Å². The van der Waals surface area contributed by atoms with E-state index < -0.39 is 0 Å². The van der Waals surface area contributed by atoms with Crippen molar-refractivity contribution in [1.82, 2.24) is 5.32 Å². The molecule has 3 rings (SSSR count). The molecule has 1 aromatic rings. The van der Waals surface area contributed by atoms with Gasteiger partial charge in [-0.3, -0.25) is 0 Å². The largest absolute Gasteiger partial charge is 0.486 e. The highest BCUT2D eigenvalue weighted by Gasteiger charge is 2.22. The summed E-state index contributed by atoms with van der Waals surface area (Å²) in [4.78, 5) is 0. The number of ether oxygens (including phenoxy) is 3. The number of nitrogens with one attached hydrogen (secondary N) is 1. The molecule has 0 bridgehead atoms. The number of para-hydroxylation sites is 1. The molecule has 0 saturated carbocycles. The van der Waals surface area contributed by atoms with Gasteiger partial charge in [-0.1, -0.05) is 12.1 Å². The molecule has 0 radical (unpaired) electrons. The summed E-state index contributed by atoms with van der Waals surface area (Å²) < 4.78 is 16.8. The summed E-state index contributed by atoms with van der Waals surface area (Å²) in [6.45, 7) is 6.08. The van der Waals surface area contributed by atoms with E-state index in [2.05, 4.69) is 18.3 Å². The summed E-state index contributed by atoms with van der Waals surface area (Å²) in [6, 6.07) is 6.54. The van der Waals surface area contributed by atoms with Gasteiger partial charge in [0.2, 0.25) is 0 Å². The highest BCUT2D eigenvalue weighted by molar-refractivity contribution is 5.47. The standard InChI is InChI=1S/C15H21NO3/c1-11(13-5-6-17-10-13)16-9-12-3-2-4-14-15(12)19-8-7-18-14/h2-4,11,13,16H,5-10H2,1H3. The fourth-order valence-corrected chi connectivity index (χ4v) is 2.66. The zero-order valence-electron chi connectivity index (χ0n) is 11.4. The van der Waals surface area contributed by atoms with E-state index in [9.17, 15) is 0 Å². The number of fused-ring (bicyclic) bond motifs is 1. The Kier molecular flexibility index (Phi) is 3.89. The molecule has 1 fully saturated rings. The lowest BCUT2D eigenvalue weighted by Crippen LogP contribution is -2.33. The lowest BCUT2D eigenvalue weighted by molar-refractivity contribution is 0.168. The van der Waals surface area contributed by atoms with Crippen LogP contribution in [0.4, 0.5) is 0 Å². The van der Waals surface area contributed by atoms with Crippen LogP contribution in [0.15, 0.2) is 18.2 Å². The van der Waals surface area contributed by atoms with Gasteiger partial charge in [0, 0.05) is 24.8 Å². The normalized spacial score (nSPS) is 23.3. The van der Waals surface area contributed by atoms with E-state index in [4.69, 9.17) is 14.2 Å². The minimum absolute atomic E-state index is 0.461. The Bertz CT molecular complexity index is 429. The first-order chi connectivity index (χ1) is 9.34. The predicted molar refractivity (Wildman–Crippen MR) is 72.7 cm³/mol. The Morgan fingerprint density at radius 3 is 3.00 bits per heavy atom. The van der Waals surface area contributed by atoms with E-state index in [1.807, 2.05) is 12.1 Å². The molecular weight excluding hydrogens is 242 g/mol. The van der Waals surface area contributed by atoms with Crippen LogP contribution in [-0.2, 0) is 11.3 Å². The van der Waals surface area contributed by atoms with E-state index in [-0.39, 0.29) is 0 Å². The maximum absolute atomic E-state index is 5.72. The average molecular weight is 263 g/mol. The molecule has 1 N–H and O–H groups in total. The zero-order valence-corrected chi connectivity index (χ0v) is 11.4. The average Bonchev–Trinajstić information content (AvgIpc) is 2.99. The number of benzene rings is 1. The van der Waals surface area contributed by atoms with Crippen molar-refractivity contribution in [3.8, 4) is 11.5 Å². The number of hydrogen-bond acceptors (Lipinski definition) is 4. The highest BCUT2D eigenvalue weighted by atomic mass is 16.6. The summed E-state index contributed by atoms with van der Waals surface area (Å²) in [5, 5.41) is 3.58. The Labute approximate surface area is 114 Å². The fraction of sp³-hybridized carbons (Fsp3) is 0.600. The van der Waals surface area contributed by atoms with E-state index in [0.29, 0.717) is 25.2 Å². The smallest absolute Gasteiger partial charge is 0.165 e. The van der Waals surface area contributed by atoms with Gasteiger partial charge in [0.15, 0.2) is 11.5 Å². The van der Waals surface area contributed by atoms with Gasteiger partial charge in [0.1, 0.15) is 13.2 Å². The number of hydrogen-bond donors (Lipinski definition) is 1. The van der Waals surface area contributed by atoms with E-state index in [0.717, 1.165) is 37.7 Å². The molecule has 0 aromatic heterocycles. The summed E-state index contributed by atoms with van der Waals surface area (Å²) in [6.07, 6.45) is 1.15. The Balaban J connectivity index is 1.63. The van der Waals surface area contributed by atoms with Crippen molar-refractivity contribution in [2.75, 3.05) is 26.4 Å². The van der Waals surface area contributed by atoms with Gasteiger partial charge in [0.05, 0.1) is 6.61 Å². The van der Waals surface area contributed by atoms with Crippen LogP contribution >= 0.6 is 0 Å². The third-order valence-corrected chi connectivity index (χ3v) is 3.93. The van der Waals surface area contributed by atoms with Crippen LogP contribution in [0.1, 0.15) is 18.9 Å². The van der Waals surface area contributed by atoms with Crippen molar-refractivity contribution in [2.45, 2.75) is 25.9 Å². The molecule has 104 valence electrons. The second kappa shape index (κ2) is 5.80. The number of rotatable bonds is 4. The van der Waals surface area contributed by atoms with Crippen molar-refractivity contribution in [3.63, 3.8) is 0 Å². The Hall–Kier alpha value is -1.26. The molecule has 4 heteroatoms. The molecule has 2 aliphatic rings. The molecule has 19 heavy (non-hydrogen) atoms. The van der Waals surface area contributed by atoms with Crippen LogP contribution in [0, 0.1) is 5.92 Å². The molecule has 0 spiro atoms. The van der Waals surface area contributed by atoms with Gasteiger partial charge >= 0.3 is 0 Å². The molecule has 4 nitrogen and oxygen atoms in total.